The number of anilines is 1. The number of carbonyl (C=O) groups excluding carboxylic acids is 1. The molecule has 0 spiro atoms. The fraction of sp³-hybridized carbons (Fsp3) is 0.353. The lowest BCUT2D eigenvalue weighted by atomic mass is 10.1. The van der Waals surface area contributed by atoms with E-state index in [1.165, 1.54) is 4.88 Å². The first-order chi connectivity index (χ1) is 10.8. The molecule has 0 radical (unpaired) electrons. The van der Waals surface area contributed by atoms with E-state index >= 15 is 0 Å². The van der Waals surface area contributed by atoms with E-state index in [0.717, 1.165) is 30.9 Å². The second-order valence-corrected chi connectivity index (χ2v) is 6.42. The number of nitrogens with zero attached hydrogens (tertiary/aromatic N) is 1. The summed E-state index contributed by atoms with van der Waals surface area (Å²) < 4.78 is 5.20. The van der Waals surface area contributed by atoms with Gasteiger partial charge in [0.2, 0.25) is 5.91 Å². The number of carbonyl (C=O) groups is 1. The quantitative estimate of drug-likeness (QED) is 0.922. The Morgan fingerprint density at radius 1 is 1.36 bits per heavy atom. The molecule has 116 valence electrons. The highest BCUT2D eigenvalue weighted by molar-refractivity contribution is 7.09. The topological polar surface area (TPSA) is 41.6 Å². The lowest BCUT2D eigenvalue weighted by molar-refractivity contribution is -0.121. The van der Waals surface area contributed by atoms with Gasteiger partial charge >= 0.3 is 0 Å². The minimum absolute atomic E-state index is 0.0714. The van der Waals surface area contributed by atoms with Crippen molar-refractivity contribution in [3.8, 4) is 5.75 Å². The number of methoxy groups -OCH3 is 1. The van der Waals surface area contributed by atoms with Crippen molar-refractivity contribution in [1.82, 2.24) is 5.32 Å². The van der Waals surface area contributed by atoms with Gasteiger partial charge < -0.3 is 15.0 Å². The second kappa shape index (κ2) is 6.94. The third-order valence-corrected chi connectivity index (χ3v) is 4.81. The van der Waals surface area contributed by atoms with Crippen molar-refractivity contribution in [1.29, 1.82) is 0 Å². The van der Waals surface area contributed by atoms with E-state index in [-0.39, 0.29) is 11.8 Å². The van der Waals surface area contributed by atoms with Crippen LogP contribution in [0.15, 0.2) is 41.8 Å². The van der Waals surface area contributed by atoms with Crippen LogP contribution in [0.5, 0.6) is 5.75 Å². The van der Waals surface area contributed by atoms with Crippen LogP contribution in [0.3, 0.4) is 0 Å². The van der Waals surface area contributed by atoms with Gasteiger partial charge in [-0.25, -0.2) is 0 Å². The number of rotatable bonds is 5. The van der Waals surface area contributed by atoms with E-state index in [0.29, 0.717) is 6.54 Å². The number of amides is 1. The van der Waals surface area contributed by atoms with Crippen LogP contribution in [0.25, 0.3) is 0 Å². The zero-order valence-corrected chi connectivity index (χ0v) is 13.4. The highest BCUT2D eigenvalue weighted by atomic mass is 32.1. The molecule has 22 heavy (non-hydrogen) atoms. The molecule has 1 unspecified atom stereocenters. The number of nitrogens with one attached hydrogen (secondary N) is 1. The van der Waals surface area contributed by atoms with Crippen molar-refractivity contribution in [2.24, 2.45) is 5.92 Å². The average molecular weight is 316 g/mol. The van der Waals surface area contributed by atoms with Gasteiger partial charge in [0, 0.05) is 17.1 Å². The van der Waals surface area contributed by atoms with Crippen molar-refractivity contribution in [3.63, 3.8) is 0 Å². The third-order valence-electron chi connectivity index (χ3n) is 3.95. The molecule has 1 saturated heterocycles. The summed E-state index contributed by atoms with van der Waals surface area (Å²) in [6.07, 6.45) is 0.913. The molecular formula is C17H20N2O2S. The van der Waals surface area contributed by atoms with E-state index in [1.54, 1.807) is 18.4 Å². The maximum absolute atomic E-state index is 12.9. The molecule has 5 heteroatoms. The molecule has 1 atom stereocenters. The molecule has 0 saturated carbocycles. The monoisotopic (exact) mass is 316 g/mol. The Morgan fingerprint density at radius 3 is 2.77 bits per heavy atom. The molecule has 4 nitrogen and oxygen atoms in total. The van der Waals surface area contributed by atoms with Crippen molar-refractivity contribution < 1.29 is 9.53 Å². The summed E-state index contributed by atoms with van der Waals surface area (Å²) in [6.45, 7) is 2.32. The summed E-state index contributed by atoms with van der Waals surface area (Å²) in [5.74, 6) is 1.07. The fourth-order valence-corrected chi connectivity index (χ4v) is 3.40. The molecule has 3 rings (SSSR count). The van der Waals surface area contributed by atoms with Gasteiger partial charge in [-0.15, -0.1) is 11.3 Å². The van der Waals surface area contributed by atoms with Gasteiger partial charge in [-0.1, -0.05) is 6.07 Å². The molecule has 0 bridgehead atoms. The summed E-state index contributed by atoms with van der Waals surface area (Å²) in [6, 6.07) is 11.8. The largest absolute Gasteiger partial charge is 0.497 e. The van der Waals surface area contributed by atoms with Crippen molar-refractivity contribution in [3.05, 3.63) is 46.7 Å². The molecule has 1 aromatic carbocycles. The zero-order chi connectivity index (χ0) is 15.4. The Bertz CT molecular complexity index is 604. The van der Waals surface area contributed by atoms with Gasteiger partial charge in [-0.05, 0) is 48.7 Å². The molecule has 1 amide bonds. The standard InChI is InChI=1S/C17H20N2O2S/c1-21-15-6-4-14(5-7-15)19(12-16-3-2-10-22-16)17(20)13-8-9-18-11-13/h2-7,10,13,18H,8-9,11-12H2,1H3. The van der Waals surface area contributed by atoms with Gasteiger partial charge in [0.05, 0.1) is 19.6 Å². The van der Waals surface area contributed by atoms with Gasteiger partial charge in [-0.2, -0.15) is 0 Å². The van der Waals surface area contributed by atoms with Crippen LogP contribution in [-0.2, 0) is 11.3 Å². The minimum Gasteiger partial charge on any atom is -0.497 e. The van der Waals surface area contributed by atoms with E-state index in [1.807, 2.05) is 40.6 Å². The third kappa shape index (κ3) is 3.31. The summed E-state index contributed by atoms with van der Waals surface area (Å²) in [7, 11) is 1.65. The Morgan fingerprint density at radius 2 is 2.18 bits per heavy atom. The molecule has 1 aliphatic heterocycles. The summed E-state index contributed by atoms with van der Waals surface area (Å²) >= 11 is 1.68. The lowest BCUT2D eigenvalue weighted by Crippen LogP contribution is -2.36. The van der Waals surface area contributed by atoms with Crippen molar-refractivity contribution >= 4 is 22.9 Å². The predicted octanol–water partition coefficient (Wildman–Crippen LogP) is 2.90. The first-order valence-corrected chi connectivity index (χ1v) is 8.34. The molecule has 2 heterocycles. The molecule has 1 aromatic heterocycles. The lowest BCUT2D eigenvalue weighted by Gasteiger charge is -2.25. The van der Waals surface area contributed by atoms with Crippen LogP contribution in [0, 0.1) is 5.92 Å². The van der Waals surface area contributed by atoms with Crippen LogP contribution in [0.4, 0.5) is 5.69 Å². The smallest absolute Gasteiger partial charge is 0.231 e. The molecule has 1 aliphatic rings. The normalized spacial score (nSPS) is 17.4. The van der Waals surface area contributed by atoms with E-state index in [9.17, 15) is 4.79 Å². The SMILES string of the molecule is COc1ccc(N(Cc2cccs2)C(=O)C2CCNC2)cc1. The van der Waals surface area contributed by atoms with Crippen molar-refractivity contribution in [2.45, 2.75) is 13.0 Å². The Kier molecular flexibility index (Phi) is 4.75. The fourth-order valence-electron chi connectivity index (χ4n) is 2.70. The van der Waals surface area contributed by atoms with Crippen LogP contribution in [-0.4, -0.2) is 26.1 Å². The highest BCUT2D eigenvalue weighted by Crippen LogP contribution is 2.25. The number of thiophene rings is 1. The van der Waals surface area contributed by atoms with Gasteiger partial charge in [0.15, 0.2) is 0 Å². The van der Waals surface area contributed by atoms with Gasteiger partial charge in [-0.3, -0.25) is 4.79 Å². The summed E-state index contributed by atoms with van der Waals surface area (Å²) in [5.41, 5.74) is 0.922. The summed E-state index contributed by atoms with van der Waals surface area (Å²) in [4.78, 5) is 16.0. The summed E-state index contributed by atoms with van der Waals surface area (Å²) in [5, 5.41) is 5.32. The molecular weight excluding hydrogens is 296 g/mol. The predicted molar refractivity (Wildman–Crippen MR) is 89.5 cm³/mol. The molecule has 0 aliphatic carbocycles. The maximum Gasteiger partial charge on any atom is 0.231 e. The maximum atomic E-state index is 12.9. The van der Waals surface area contributed by atoms with Gasteiger partial charge in [0.1, 0.15) is 5.75 Å². The Labute approximate surface area is 134 Å². The Hall–Kier alpha value is -1.85. The van der Waals surface area contributed by atoms with E-state index < -0.39 is 0 Å². The minimum atomic E-state index is 0.0714. The number of hydrogen-bond acceptors (Lipinski definition) is 4. The number of hydrogen-bond donors (Lipinski definition) is 1. The molecule has 2 aromatic rings. The Balaban J connectivity index is 1.85. The van der Waals surface area contributed by atoms with Crippen molar-refractivity contribution in [2.75, 3.05) is 25.1 Å². The number of ether oxygens (including phenoxy) is 1. The van der Waals surface area contributed by atoms with Crippen LogP contribution < -0.4 is 15.0 Å². The van der Waals surface area contributed by atoms with E-state index in [2.05, 4.69) is 11.4 Å². The average Bonchev–Trinajstić information content (AvgIpc) is 3.25. The van der Waals surface area contributed by atoms with E-state index in [4.69, 9.17) is 4.74 Å². The highest BCUT2D eigenvalue weighted by Gasteiger charge is 2.28. The van der Waals surface area contributed by atoms with Crippen LogP contribution >= 0.6 is 11.3 Å². The first kappa shape index (κ1) is 15.1. The van der Waals surface area contributed by atoms with Crippen LogP contribution in [0.1, 0.15) is 11.3 Å². The van der Waals surface area contributed by atoms with Gasteiger partial charge in [0.25, 0.3) is 0 Å². The second-order valence-electron chi connectivity index (χ2n) is 5.39. The first-order valence-electron chi connectivity index (χ1n) is 7.46. The van der Waals surface area contributed by atoms with Crippen LogP contribution in [0.2, 0.25) is 0 Å². The number of benzene rings is 1. The molecule has 1 fully saturated rings. The molecule has 1 N–H and O–H groups in total. The zero-order valence-electron chi connectivity index (χ0n) is 12.6.